The number of benzene rings is 1. The first-order valence-corrected chi connectivity index (χ1v) is 14.6. The molecule has 5 aromatic rings. The third kappa shape index (κ3) is 4.62. The highest BCUT2D eigenvalue weighted by atomic mass is 16.4. The van der Waals surface area contributed by atoms with Gasteiger partial charge in [0.25, 0.3) is 0 Å². The summed E-state index contributed by atoms with van der Waals surface area (Å²) in [6.45, 7) is 9.84. The van der Waals surface area contributed by atoms with Gasteiger partial charge in [-0.25, -0.2) is 15.0 Å². The van der Waals surface area contributed by atoms with Crippen LogP contribution < -0.4 is 9.80 Å². The topological polar surface area (TPSA) is 108 Å². The molecule has 6 heterocycles. The average molecular weight is 563 g/mol. The Bertz CT molecular complexity index is 1840. The third-order valence-corrected chi connectivity index (χ3v) is 8.97. The van der Waals surface area contributed by atoms with Gasteiger partial charge in [0, 0.05) is 55.4 Å². The molecule has 0 radical (unpaired) electrons. The van der Waals surface area contributed by atoms with Crippen LogP contribution in [0.5, 0.6) is 0 Å². The van der Waals surface area contributed by atoms with Crippen LogP contribution in [0.1, 0.15) is 49.1 Å². The number of rotatable bonds is 5. The largest absolute Gasteiger partial charge is 0.481 e. The predicted octanol–water partition coefficient (Wildman–Crippen LogP) is 5.96. The fraction of sp³-hybridized carbons (Fsp3) is 0.364. The molecule has 1 saturated heterocycles. The van der Waals surface area contributed by atoms with Gasteiger partial charge in [-0.05, 0) is 60.4 Å². The van der Waals surface area contributed by atoms with Gasteiger partial charge in [0.1, 0.15) is 11.8 Å². The van der Waals surface area contributed by atoms with Gasteiger partial charge in [-0.3, -0.25) is 9.78 Å². The van der Waals surface area contributed by atoms with Gasteiger partial charge in [0.05, 0.1) is 17.5 Å². The Morgan fingerprint density at radius 3 is 2.67 bits per heavy atom. The van der Waals surface area contributed by atoms with Gasteiger partial charge < -0.3 is 19.3 Å². The minimum Gasteiger partial charge on any atom is -0.481 e. The highest BCUT2D eigenvalue weighted by molar-refractivity contribution is 6.04. The van der Waals surface area contributed by atoms with E-state index in [1.54, 1.807) is 12.5 Å². The highest BCUT2D eigenvalue weighted by Gasteiger charge is 2.30. The van der Waals surface area contributed by atoms with E-state index in [0.717, 1.165) is 83.7 Å². The van der Waals surface area contributed by atoms with Crippen molar-refractivity contribution in [2.45, 2.75) is 53.0 Å². The van der Waals surface area contributed by atoms with Crippen LogP contribution in [0.15, 0.2) is 53.5 Å². The summed E-state index contributed by atoms with van der Waals surface area (Å²) in [5, 5.41) is 10.7. The molecule has 0 saturated carbocycles. The second-order valence-electron chi connectivity index (χ2n) is 12.3. The van der Waals surface area contributed by atoms with Gasteiger partial charge in [0.2, 0.25) is 5.71 Å². The fourth-order valence-corrected chi connectivity index (χ4v) is 6.43. The molecule has 2 aliphatic rings. The average Bonchev–Trinajstić information content (AvgIpc) is 3.37. The van der Waals surface area contributed by atoms with Crippen LogP contribution in [0.2, 0.25) is 0 Å². The zero-order valence-electron chi connectivity index (χ0n) is 24.2. The Hall–Kier alpha value is -4.53. The molecule has 0 amide bonds. The predicted molar refractivity (Wildman–Crippen MR) is 163 cm³/mol. The molecule has 2 aliphatic heterocycles. The molecule has 4 aromatic heterocycles. The zero-order valence-corrected chi connectivity index (χ0v) is 24.2. The lowest BCUT2D eigenvalue weighted by Gasteiger charge is -2.40. The van der Waals surface area contributed by atoms with Gasteiger partial charge in [0.15, 0.2) is 11.4 Å². The number of aryl methyl sites for hydroxylation is 1. The van der Waals surface area contributed by atoms with Crippen molar-refractivity contribution in [3.05, 3.63) is 71.4 Å². The Labute approximate surface area is 244 Å². The van der Waals surface area contributed by atoms with Crippen LogP contribution in [0.25, 0.3) is 33.3 Å². The number of furan rings is 1. The molecule has 214 valence electrons. The first-order chi connectivity index (χ1) is 20.3. The first kappa shape index (κ1) is 26.4. The molecule has 0 spiro atoms. The number of carbonyl (C=O) groups is 1. The van der Waals surface area contributed by atoms with E-state index < -0.39 is 5.97 Å². The SMILES string of the molecule is Cc1ncc(-c2ccc3c(c2)CCN(c2ncnc4c2oc2ncccc24)C3)c(N2CCC(C)(C)CC2)c1CC(=O)O. The number of carboxylic acid groups (broad SMARTS) is 1. The van der Waals surface area contributed by atoms with E-state index in [4.69, 9.17) is 4.42 Å². The van der Waals surface area contributed by atoms with Crippen LogP contribution in [-0.2, 0) is 24.2 Å². The maximum atomic E-state index is 11.9. The monoisotopic (exact) mass is 562 g/mol. The van der Waals surface area contributed by atoms with E-state index >= 15 is 0 Å². The summed E-state index contributed by atoms with van der Waals surface area (Å²) in [6, 6.07) is 10.5. The number of aliphatic carboxylic acids is 1. The summed E-state index contributed by atoms with van der Waals surface area (Å²) >= 11 is 0. The Balaban J connectivity index is 1.24. The van der Waals surface area contributed by atoms with Crippen molar-refractivity contribution < 1.29 is 14.3 Å². The summed E-state index contributed by atoms with van der Waals surface area (Å²) in [5.74, 6) is -0.0516. The Morgan fingerprint density at radius 2 is 1.86 bits per heavy atom. The number of hydrogen-bond acceptors (Lipinski definition) is 8. The van der Waals surface area contributed by atoms with Crippen molar-refractivity contribution in [3.63, 3.8) is 0 Å². The molecule has 0 atom stereocenters. The van der Waals surface area contributed by atoms with E-state index in [1.807, 2.05) is 25.3 Å². The second kappa shape index (κ2) is 10.1. The number of aromatic nitrogens is 4. The summed E-state index contributed by atoms with van der Waals surface area (Å²) in [4.78, 5) is 34.7. The van der Waals surface area contributed by atoms with Crippen molar-refractivity contribution in [1.82, 2.24) is 19.9 Å². The summed E-state index contributed by atoms with van der Waals surface area (Å²) in [6.07, 6.45) is 8.20. The van der Waals surface area contributed by atoms with Crippen LogP contribution in [0.3, 0.4) is 0 Å². The van der Waals surface area contributed by atoms with E-state index in [0.29, 0.717) is 17.8 Å². The maximum Gasteiger partial charge on any atom is 0.307 e. The lowest BCUT2D eigenvalue weighted by Crippen LogP contribution is -2.38. The molecule has 0 unspecified atom stereocenters. The minimum atomic E-state index is -0.833. The molecule has 1 N–H and O–H groups in total. The van der Waals surface area contributed by atoms with E-state index in [9.17, 15) is 9.90 Å². The highest BCUT2D eigenvalue weighted by Crippen LogP contribution is 2.41. The van der Waals surface area contributed by atoms with Crippen molar-refractivity contribution in [3.8, 4) is 11.1 Å². The third-order valence-electron chi connectivity index (χ3n) is 8.97. The molecule has 1 aromatic carbocycles. The van der Waals surface area contributed by atoms with Crippen LogP contribution in [0, 0.1) is 12.3 Å². The molecular formula is C33H34N6O3. The number of anilines is 2. The summed E-state index contributed by atoms with van der Waals surface area (Å²) in [5.41, 5.74) is 9.53. The smallest absolute Gasteiger partial charge is 0.307 e. The molecule has 9 heteroatoms. The lowest BCUT2D eigenvalue weighted by molar-refractivity contribution is -0.136. The molecule has 9 nitrogen and oxygen atoms in total. The number of nitrogens with zero attached hydrogens (tertiary/aromatic N) is 6. The quantitative estimate of drug-likeness (QED) is 0.278. The number of hydrogen-bond donors (Lipinski definition) is 1. The van der Waals surface area contributed by atoms with E-state index in [1.165, 1.54) is 11.1 Å². The van der Waals surface area contributed by atoms with Crippen molar-refractivity contribution in [2.75, 3.05) is 29.4 Å². The minimum absolute atomic E-state index is 0.0352. The molecule has 0 bridgehead atoms. The van der Waals surface area contributed by atoms with Gasteiger partial charge >= 0.3 is 5.97 Å². The number of fused-ring (bicyclic) bond motifs is 4. The Kier molecular flexibility index (Phi) is 6.33. The molecular weight excluding hydrogens is 528 g/mol. The standard InChI is InChI=1S/C33H34N6O3/c1-20-25(16-27(40)41)29(38-13-9-33(2,3)10-14-38)26(17-35-20)22-6-7-23-18-39(12-8-21(23)15-22)31-30-28(36-19-37-31)24-5-4-11-34-32(24)42-30/h4-7,11,15,17,19H,8-10,12-14,16,18H2,1-3H3,(H,40,41). The summed E-state index contributed by atoms with van der Waals surface area (Å²) < 4.78 is 6.10. The normalized spacial score (nSPS) is 16.6. The maximum absolute atomic E-state index is 11.9. The number of carboxylic acids is 1. The lowest BCUT2D eigenvalue weighted by atomic mass is 9.82. The first-order valence-electron chi connectivity index (χ1n) is 14.6. The van der Waals surface area contributed by atoms with E-state index in [-0.39, 0.29) is 11.8 Å². The second-order valence-corrected chi connectivity index (χ2v) is 12.3. The van der Waals surface area contributed by atoms with Gasteiger partial charge in [-0.1, -0.05) is 32.0 Å². The van der Waals surface area contributed by atoms with Crippen molar-refractivity contribution in [2.24, 2.45) is 5.41 Å². The zero-order chi connectivity index (χ0) is 29.0. The molecule has 0 aliphatic carbocycles. The van der Waals surface area contributed by atoms with Gasteiger partial charge in [-0.2, -0.15) is 0 Å². The van der Waals surface area contributed by atoms with Crippen LogP contribution >= 0.6 is 0 Å². The van der Waals surface area contributed by atoms with Crippen LogP contribution in [0.4, 0.5) is 11.5 Å². The van der Waals surface area contributed by atoms with Crippen LogP contribution in [-0.4, -0.2) is 50.6 Å². The Morgan fingerprint density at radius 1 is 1.02 bits per heavy atom. The molecule has 7 rings (SSSR count). The van der Waals surface area contributed by atoms with Crippen molar-refractivity contribution in [1.29, 1.82) is 0 Å². The van der Waals surface area contributed by atoms with Crippen molar-refractivity contribution >= 4 is 39.7 Å². The molecule has 1 fully saturated rings. The molecule has 42 heavy (non-hydrogen) atoms. The number of piperidine rings is 1. The van der Waals surface area contributed by atoms with E-state index in [2.05, 4.69) is 61.8 Å². The fourth-order valence-electron chi connectivity index (χ4n) is 6.43. The number of pyridine rings is 2. The summed E-state index contributed by atoms with van der Waals surface area (Å²) in [7, 11) is 0. The van der Waals surface area contributed by atoms with Gasteiger partial charge in [-0.15, -0.1) is 0 Å².